The van der Waals surface area contributed by atoms with Gasteiger partial charge in [-0.3, -0.25) is 9.59 Å². The summed E-state index contributed by atoms with van der Waals surface area (Å²) in [6.45, 7) is 5.72. The van der Waals surface area contributed by atoms with Gasteiger partial charge in [-0.2, -0.15) is 0 Å². The van der Waals surface area contributed by atoms with Crippen molar-refractivity contribution in [3.05, 3.63) is 87.9 Å². The Morgan fingerprint density at radius 1 is 1.43 bits per heavy atom. The van der Waals surface area contributed by atoms with E-state index >= 15 is 0 Å². The van der Waals surface area contributed by atoms with Gasteiger partial charge in [-0.1, -0.05) is 30.3 Å². The number of nitrogens with one attached hydrogen (secondary N) is 1. The minimum Gasteiger partial charge on any atom is -0.336 e. The lowest BCUT2D eigenvalue weighted by Crippen LogP contribution is -2.23. The van der Waals surface area contributed by atoms with E-state index in [9.17, 15) is 9.59 Å². The number of hydrogen-bond acceptors (Lipinski definition) is 6. The van der Waals surface area contributed by atoms with Gasteiger partial charge >= 0.3 is 0 Å². The first kappa shape index (κ1) is 23.3. The summed E-state index contributed by atoms with van der Waals surface area (Å²) in [5.74, 6) is 0.364. The molecule has 1 aliphatic rings. The molecule has 0 saturated heterocycles. The Kier molecular flexibility index (Phi) is 9.18. The average Bonchev–Trinajstić information content (AvgIpc) is 3.30. The number of thiazole rings is 1. The third kappa shape index (κ3) is 6.79. The molecule has 1 amide bonds. The summed E-state index contributed by atoms with van der Waals surface area (Å²) in [4.78, 5) is 33.6. The van der Waals surface area contributed by atoms with Gasteiger partial charge in [0.25, 0.3) is 5.91 Å². The third-order valence-corrected chi connectivity index (χ3v) is 5.00. The SMILES string of the molecule is C=C/C(=C\C(Cl)=C/C)C1=NC(N(C)/C=C\C(=C/C=O)NC(=O)c2cscn2)=CCC1. The number of hydrogen-bond donors (Lipinski definition) is 1. The van der Waals surface area contributed by atoms with Gasteiger partial charge in [-0.05, 0) is 43.6 Å². The van der Waals surface area contributed by atoms with Crippen LogP contribution in [0.1, 0.15) is 30.3 Å². The summed E-state index contributed by atoms with van der Waals surface area (Å²) < 4.78 is 0. The van der Waals surface area contributed by atoms with Gasteiger partial charge in [0.1, 0.15) is 17.8 Å². The Balaban J connectivity index is 2.15. The van der Waals surface area contributed by atoms with Crippen molar-refractivity contribution in [2.45, 2.75) is 19.8 Å². The second-order valence-electron chi connectivity index (χ2n) is 6.15. The highest BCUT2D eigenvalue weighted by molar-refractivity contribution is 7.07. The Morgan fingerprint density at radius 2 is 2.23 bits per heavy atom. The monoisotopic (exact) mass is 442 g/mol. The van der Waals surface area contributed by atoms with E-state index in [2.05, 4.69) is 16.9 Å². The van der Waals surface area contributed by atoms with Crippen LogP contribution in [0.4, 0.5) is 0 Å². The Morgan fingerprint density at radius 3 is 2.87 bits per heavy atom. The van der Waals surface area contributed by atoms with Crippen LogP contribution in [-0.4, -0.2) is 34.8 Å². The second-order valence-corrected chi connectivity index (χ2v) is 7.30. The van der Waals surface area contributed by atoms with Crippen molar-refractivity contribution in [2.24, 2.45) is 4.99 Å². The van der Waals surface area contributed by atoms with Gasteiger partial charge in [-0.25, -0.2) is 9.98 Å². The van der Waals surface area contributed by atoms with Gasteiger partial charge in [-0.15, -0.1) is 11.3 Å². The standard InChI is InChI=1S/C22H23ClN4O2S/c1-4-16(13-17(23)5-2)19-7-6-8-21(26-19)27(3)11-9-18(10-12-28)25-22(29)20-14-30-15-24-20/h4-5,8-15H,1,6-7H2,2-3H3,(H,25,29)/b11-9-,16-13+,17-5+,18-10+. The molecule has 2 heterocycles. The number of carbonyl (C=O) groups is 2. The lowest BCUT2D eigenvalue weighted by atomic mass is 10.0. The van der Waals surface area contributed by atoms with Crippen molar-refractivity contribution in [1.82, 2.24) is 15.2 Å². The highest BCUT2D eigenvalue weighted by atomic mass is 35.5. The number of amides is 1. The largest absolute Gasteiger partial charge is 0.336 e. The van der Waals surface area contributed by atoms with Crippen LogP contribution in [0.3, 0.4) is 0 Å². The van der Waals surface area contributed by atoms with Crippen LogP contribution in [-0.2, 0) is 4.79 Å². The minimum absolute atomic E-state index is 0.298. The summed E-state index contributed by atoms with van der Waals surface area (Å²) in [7, 11) is 1.84. The smallest absolute Gasteiger partial charge is 0.275 e. The van der Waals surface area contributed by atoms with Crippen LogP contribution >= 0.6 is 22.9 Å². The summed E-state index contributed by atoms with van der Waals surface area (Å²) in [5, 5.41) is 4.92. The van der Waals surface area contributed by atoms with Crippen molar-refractivity contribution < 1.29 is 9.59 Å². The van der Waals surface area contributed by atoms with Crippen molar-refractivity contribution in [3.8, 4) is 0 Å². The molecule has 0 spiro atoms. The van der Waals surface area contributed by atoms with E-state index in [0.717, 1.165) is 29.9 Å². The average molecular weight is 443 g/mol. The Hall–Kier alpha value is -3.03. The number of rotatable bonds is 9. The van der Waals surface area contributed by atoms with Crippen LogP contribution in [0, 0.1) is 0 Å². The van der Waals surface area contributed by atoms with Crippen LogP contribution in [0.2, 0.25) is 0 Å². The van der Waals surface area contributed by atoms with E-state index in [1.54, 1.807) is 35.3 Å². The van der Waals surface area contributed by atoms with Crippen molar-refractivity contribution in [2.75, 3.05) is 7.05 Å². The molecule has 30 heavy (non-hydrogen) atoms. The lowest BCUT2D eigenvalue weighted by Gasteiger charge is -2.20. The van der Waals surface area contributed by atoms with Gasteiger partial charge in [0.2, 0.25) is 0 Å². The van der Waals surface area contributed by atoms with E-state index in [1.807, 2.05) is 31.0 Å². The molecular formula is C22H23ClN4O2S. The zero-order chi connectivity index (χ0) is 21.9. The van der Waals surface area contributed by atoms with E-state index in [0.29, 0.717) is 22.7 Å². The molecule has 1 aromatic heterocycles. The molecule has 0 fully saturated rings. The summed E-state index contributed by atoms with van der Waals surface area (Å²) >= 11 is 7.44. The number of carbonyl (C=O) groups excluding carboxylic acids is 2. The molecule has 0 aromatic carbocycles. The molecule has 1 aromatic rings. The molecule has 8 heteroatoms. The lowest BCUT2D eigenvalue weighted by molar-refractivity contribution is -0.104. The molecule has 0 bridgehead atoms. The minimum atomic E-state index is -0.379. The van der Waals surface area contributed by atoms with Gasteiger partial charge in [0.05, 0.1) is 11.2 Å². The first-order valence-electron chi connectivity index (χ1n) is 9.18. The van der Waals surface area contributed by atoms with Crippen molar-refractivity contribution in [3.63, 3.8) is 0 Å². The third-order valence-electron chi connectivity index (χ3n) is 4.09. The van der Waals surface area contributed by atoms with Crippen molar-refractivity contribution in [1.29, 1.82) is 0 Å². The molecule has 0 aliphatic carbocycles. The number of halogens is 1. The Bertz CT molecular complexity index is 969. The van der Waals surface area contributed by atoms with Crippen LogP contribution in [0.15, 0.2) is 87.2 Å². The normalized spacial score (nSPS) is 15.5. The predicted molar refractivity (Wildman–Crippen MR) is 123 cm³/mol. The fourth-order valence-electron chi connectivity index (χ4n) is 2.50. The predicted octanol–water partition coefficient (Wildman–Crippen LogP) is 4.73. The van der Waals surface area contributed by atoms with E-state index in [4.69, 9.17) is 16.6 Å². The molecule has 0 atom stereocenters. The summed E-state index contributed by atoms with van der Waals surface area (Å²) in [6, 6.07) is 0. The van der Waals surface area contributed by atoms with Gasteiger partial charge < -0.3 is 10.2 Å². The quantitative estimate of drug-likeness (QED) is 0.340. The maximum atomic E-state index is 12.2. The highest BCUT2D eigenvalue weighted by Gasteiger charge is 2.13. The van der Waals surface area contributed by atoms with Crippen LogP contribution in [0.25, 0.3) is 0 Å². The molecule has 6 nitrogen and oxygen atoms in total. The van der Waals surface area contributed by atoms with E-state index < -0.39 is 0 Å². The fourth-order valence-corrected chi connectivity index (χ4v) is 3.15. The Labute approximate surface area is 185 Å². The van der Waals surface area contributed by atoms with E-state index in [-0.39, 0.29) is 5.91 Å². The van der Waals surface area contributed by atoms with Crippen molar-refractivity contribution >= 4 is 40.8 Å². The topological polar surface area (TPSA) is 74.7 Å². The molecule has 1 N–H and O–H groups in total. The maximum Gasteiger partial charge on any atom is 0.275 e. The molecule has 1 aliphatic heterocycles. The zero-order valence-corrected chi connectivity index (χ0v) is 18.4. The molecule has 0 saturated carbocycles. The van der Waals surface area contributed by atoms with Crippen LogP contribution in [0.5, 0.6) is 0 Å². The number of aldehydes is 1. The van der Waals surface area contributed by atoms with Gasteiger partial charge in [0, 0.05) is 35.4 Å². The van der Waals surface area contributed by atoms with Crippen LogP contribution < -0.4 is 5.32 Å². The first-order valence-corrected chi connectivity index (χ1v) is 10.5. The first-order chi connectivity index (χ1) is 14.5. The number of allylic oxidation sites excluding steroid dienone is 8. The van der Waals surface area contributed by atoms with Gasteiger partial charge in [0.15, 0.2) is 0 Å². The number of nitrogens with zero attached hydrogens (tertiary/aromatic N) is 3. The summed E-state index contributed by atoms with van der Waals surface area (Å²) in [5.41, 5.74) is 3.98. The molecule has 0 radical (unpaired) electrons. The number of aliphatic imine (C=N–C) groups is 1. The molecule has 0 unspecified atom stereocenters. The molecule has 156 valence electrons. The second kappa shape index (κ2) is 11.8. The summed E-state index contributed by atoms with van der Waals surface area (Å²) in [6.07, 6.45) is 14.3. The van der Waals surface area contributed by atoms with E-state index in [1.165, 1.54) is 17.4 Å². The molecular weight excluding hydrogens is 420 g/mol. The maximum absolute atomic E-state index is 12.2. The zero-order valence-electron chi connectivity index (χ0n) is 16.8. The number of aromatic nitrogens is 1. The highest BCUT2D eigenvalue weighted by Crippen LogP contribution is 2.20. The molecule has 2 rings (SSSR count). The fraction of sp³-hybridized carbons (Fsp3) is 0.182.